The summed E-state index contributed by atoms with van der Waals surface area (Å²) in [6.45, 7) is 0.297. The normalized spacial score (nSPS) is 14.9. The zero-order chi connectivity index (χ0) is 21.1. The number of hydrazine groups is 1. The summed E-state index contributed by atoms with van der Waals surface area (Å²) in [6, 6.07) is 21.2. The molecule has 0 unspecified atom stereocenters. The summed E-state index contributed by atoms with van der Waals surface area (Å²) >= 11 is 12.1. The molecule has 30 heavy (non-hydrogen) atoms. The van der Waals surface area contributed by atoms with Crippen LogP contribution in [0.15, 0.2) is 78.4 Å². The maximum Gasteiger partial charge on any atom is 0.282 e. The van der Waals surface area contributed by atoms with Gasteiger partial charge < -0.3 is 4.74 Å². The molecular formula is C23H16Cl2N2O3. The van der Waals surface area contributed by atoms with Crippen molar-refractivity contribution in [1.29, 1.82) is 0 Å². The standard InChI is InChI=1S/C23H16Cl2N2O3/c24-17-8-6-15(7-9-17)14-30-21-11-10-18(25)12-16(21)13-20-22(28)26-27(23(20)29)19-4-2-1-3-5-19/h1-13H,14H2,(H,26,28)/b20-13-. The van der Waals surface area contributed by atoms with E-state index in [1.54, 1.807) is 54.6 Å². The molecule has 1 fully saturated rings. The van der Waals surface area contributed by atoms with Gasteiger partial charge in [0.2, 0.25) is 0 Å². The number of hydrogen-bond acceptors (Lipinski definition) is 3. The highest BCUT2D eigenvalue weighted by molar-refractivity contribution is 6.32. The molecule has 3 aromatic rings. The van der Waals surface area contributed by atoms with Crippen LogP contribution < -0.4 is 15.2 Å². The minimum absolute atomic E-state index is 0.00235. The number of rotatable bonds is 5. The molecule has 1 aliphatic rings. The second-order valence-corrected chi connectivity index (χ2v) is 7.45. The molecule has 150 valence electrons. The predicted molar refractivity (Wildman–Crippen MR) is 117 cm³/mol. The molecule has 7 heteroatoms. The fourth-order valence-corrected chi connectivity index (χ4v) is 3.28. The van der Waals surface area contributed by atoms with Crippen molar-refractivity contribution in [3.05, 3.63) is 99.5 Å². The van der Waals surface area contributed by atoms with Crippen LogP contribution in [0.4, 0.5) is 5.69 Å². The molecule has 1 heterocycles. The van der Waals surface area contributed by atoms with Gasteiger partial charge in [0.15, 0.2) is 0 Å². The Morgan fingerprint density at radius 3 is 2.33 bits per heavy atom. The summed E-state index contributed by atoms with van der Waals surface area (Å²) in [4.78, 5) is 25.3. The molecule has 3 aromatic carbocycles. The van der Waals surface area contributed by atoms with Gasteiger partial charge in [-0.3, -0.25) is 15.0 Å². The fraction of sp³-hybridized carbons (Fsp3) is 0.0435. The Labute approximate surface area is 183 Å². The molecule has 0 saturated carbocycles. The highest BCUT2D eigenvalue weighted by atomic mass is 35.5. The molecule has 5 nitrogen and oxygen atoms in total. The van der Waals surface area contributed by atoms with Gasteiger partial charge in [-0.05, 0) is 54.1 Å². The van der Waals surface area contributed by atoms with E-state index in [0.717, 1.165) is 5.56 Å². The summed E-state index contributed by atoms with van der Waals surface area (Å²) in [7, 11) is 0. The molecule has 1 saturated heterocycles. The second kappa shape index (κ2) is 8.61. The van der Waals surface area contributed by atoms with E-state index in [1.807, 2.05) is 18.2 Å². The zero-order valence-electron chi connectivity index (χ0n) is 15.6. The van der Waals surface area contributed by atoms with Crippen molar-refractivity contribution < 1.29 is 14.3 Å². The SMILES string of the molecule is O=C1NN(c2ccccc2)C(=O)/C1=C\c1cc(Cl)ccc1OCc1ccc(Cl)cc1. The average Bonchev–Trinajstić information content (AvgIpc) is 3.03. The molecule has 0 aromatic heterocycles. The number of halogens is 2. The zero-order valence-corrected chi connectivity index (χ0v) is 17.2. The summed E-state index contributed by atoms with van der Waals surface area (Å²) in [5.41, 5.74) is 4.61. The number of para-hydroxylation sites is 1. The van der Waals surface area contributed by atoms with Gasteiger partial charge in [-0.15, -0.1) is 0 Å². The van der Waals surface area contributed by atoms with Crippen LogP contribution in [-0.4, -0.2) is 11.8 Å². The lowest BCUT2D eigenvalue weighted by Gasteiger charge is -2.14. The van der Waals surface area contributed by atoms with E-state index in [-0.39, 0.29) is 5.57 Å². The van der Waals surface area contributed by atoms with E-state index in [2.05, 4.69) is 5.43 Å². The predicted octanol–water partition coefficient (Wildman–Crippen LogP) is 5.03. The molecule has 0 spiro atoms. The number of amides is 2. The first-order valence-corrected chi connectivity index (χ1v) is 9.86. The number of benzene rings is 3. The third kappa shape index (κ3) is 4.32. The largest absolute Gasteiger partial charge is 0.488 e. The van der Waals surface area contributed by atoms with Crippen LogP contribution in [0.25, 0.3) is 6.08 Å². The van der Waals surface area contributed by atoms with Gasteiger partial charge in [-0.25, -0.2) is 5.01 Å². The lowest BCUT2D eigenvalue weighted by molar-refractivity contribution is -0.117. The number of nitrogens with zero attached hydrogens (tertiary/aromatic N) is 1. The van der Waals surface area contributed by atoms with Crippen LogP contribution in [0.2, 0.25) is 10.0 Å². The maximum atomic E-state index is 12.8. The first-order chi connectivity index (χ1) is 14.5. The summed E-state index contributed by atoms with van der Waals surface area (Å²) in [6.07, 6.45) is 1.49. The van der Waals surface area contributed by atoms with Crippen molar-refractivity contribution >= 4 is 46.8 Å². The summed E-state index contributed by atoms with van der Waals surface area (Å²) in [5, 5.41) is 2.32. The monoisotopic (exact) mass is 438 g/mol. The van der Waals surface area contributed by atoms with Gasteiger partial charge in [0, 0.05) is 15.6 Å². The van der Waals surface area contributed by atoms with E-state index < -0.39 is 11.8 Å². The van der Waals surface area contributed by atoms with Gasteiger partial charge in [0.25, 0.3) is 11.8 Å². The van der Waals surface area contributed by atoms with Crippen LogP contribution in [0, 0.1) is 0 Å². The van der Waals surface area contributed by atoms with Crippen molar-refractivity contribution in [2.75, 3.05) is 5.01 Å². The summed E-state index contributed by atoms with van der Waals surface area (Å²) in [5.74, 6) is -0.442. The van der Waals surface area contributed by atoms with E-state index in [9.17, 15) is 9.59 Å². The highest BCUT2D eigenvalue weighted by Crippen LogP contribution is 2.28. The molecular weight excluding hydrogens is 423 g/mol. The lowest BCUT2D eigenvalue weighted by Crippen LogP contribution is -2.35. The molecule has 2 amide bonds. The number of hydrogen-bond donors (Lipinski definition) is 1. The Morgan fingerprint density at radius 1 is 0.900 bits per heavy atom. The Hall–Kier alpha value is -3.28. The van der Waals surface area contributed by atoms with E-state index in [0.29, 0.717) is 33.7 Å². The third-order valence-electron chi connectivity index (χ3n) is 4.49. The number of ether oxygens (including phenoxy) is 1. The number of carbonyl (C=O) groups excluding carboxylic acids is 2. The van der Waals surface area contributed by atoms with Crippen molar-refractivity contribution in [1.82, 2.24) is 5.43 Å². The Kier molecular flexibility index (Phi) is 5.74. The summed E-state index contributed by atoms with van der Waals surface area (Å²) < 4.78 is 5.91. The van der Waals surface area contributed by atoms with E-state index in [4.69, 9.17) is 27.9 Å². The topological polar surface area (TPSA) is 58.6 Å². The molecule has 1 aliphatic heterocycles. The fourth-order valence-electron chi connectivity index (χ4n) is 2.98. The molecule has 1 N–H and O–H groups in total. The quantitative estimate of drug-likeness (QED) is 0.448. The smallest absolute Gasteiger partial charge is 0.282 e. The van der Waals surface area contributed by atoms with Crippen molar-refractivity contribution in [2.45, 2.75) is 6.61 Å². The first-order valence-electron chi connectivity index (χ1n) is 9.10. The third-order valence-corrected chi connectivity index (χ3v) is 4.97. The Morgan fingerprint density at radius 2 is 1.60 bits per heavy atom. The average molecular weight is 439 g/mol. The Bertz CT molecular complexity index is 1130. The van der Waals surface area contributed by atoms with Crippen molar-refractivity contribution in [3.8, 4) is 5.75 Å². The minimum atomic E-state index is -0.493. The minimum Gasteiger partial charge on any atom is -0.488 e. The van der Waals surface area contributed by atoms with Crippen LogP contribution >= 0.6 is 23.2 Å². The number of anilines is 1. The maximum absolute atomic E-state index is 12.8. The van der Waals surface area contributed by atoms with Crippen LogP contribution in [0.1, 0.15) is 11.1 Å². The molecule has 4 rings (SSSR count). The van der Waals surface area contributed by atoms with Crippen molar-refractivity contribution in [2.24, 2.45) is 0 Å². The van der Waals surface area contributed by atoms with E-state index >= 15 is 0 Å². The van der Waals surface area contributed by atoms with Crippen molar-refractivity contribution in [3.63, 3.8) is 0 Å². The molecule has 0 radical (unpaired) electrons. The van der Waals surface area contributed by atoms with Crippen LogP contribution in [0.3, 0.4) is 0 Å². The number of nitrogens with one attached hydrogen (secondary N) is 1. The highest BCUT2D eigenvalue weighted by Gasteiger charge is 2.34. The molecule has 0 atom stereocenters. The van der Waals surface area contributed by atoms with Crippen LogP contribution in [-0.2, 0) is 16.2 Å². The van der Waals surface area contributed by atoms with Gasteiger partial charge in [0.05, 0.1) is 5.69 Å². The van der Waals surface area contributed by atoms with Gasteiger partial charge in [0.1, 0.15) is 17.9 Å². The molecule has 0 bridgehead atoms. The first kappa shape index (κ1) is 20.0. The number of carbonyl (C=O) groups is 2. The lowest BCUT2D eigenvalue weighted by atomic mass is 10.1. The molecule has 0 aliphatic carbocycles. The van der Waals surface area contributed by atoms with Gasteiger partial charge in [-0.1, -0.05) is 53.5 Å². The van der Waals surface area contributed by atoms with E-state index in [1.165, 1.54) is 11.1 Å². The van der Waals surface area contributed by atoms with Gasteiger partial charge >= 0.3 is 0 Å². The van der Waals surface area contributed by atoms with Crippen LogP contribution in [0.5, 0.6) is 5.75 Å². The van der Waals surface area contributed by atoms with Gasteiger partial charge in [-0.2, -0.15) is 0 Å². The Balaban J connectivity index is 1.61. The second-order valence-electron chi connectivity index (χ2n) is 6.57.